The predicted octanol–water partition coefficient (Wildman–Crippen LogP) is 7.27. The lowest BCUT2D eigenvalue weighted by molar-refractivity contribution is 0.332. The highest BCUT2D eigenvalue weighted by molar-refractivity contribution is 5.17. The zero-order valence-electron chi connectivity index (χ0n) is 16.0. The minimum Gasteiger partial charge on any atom is -0.372 e. The Bertz CT molecular complexity index is 287. The Hall–Kier alpha value is -0.980. The molecule has 0 saturated heterocycles. The van der Waals surface area contributed by atoms with Gasteiger partial charge in [-0.05, 0) is 18.9 Å². The van der Waals surface area contributed by atoms with Gasteiger partial charge in [0.25, 0.3) is 0 Å². The van der Waals surface area contributed by atoms with Gasteiger partial charge in [0, 0.05) is 18.8 Å². The molecule has 0 heterocycles. The Morgan fingerprint density at radius 3 is 1.61 bits per heavy atom. The quantitative estimate of drug-likeness (QED) is 0.201. The van der Waals surface area contributed by atoms with E-state index in [9.17, 15) is 0 Å². The summed E-state index contributed by atoms with van der Waals surface area (Å²) in [5, 5.41) is 0. The molecule has 134 valence electrons. The van der Waals surface area contributed by atoms with Crippen LogP contribution in [0.5, 0.6) is 0 Å². The van der Waals surface area contributed by atoms with Crippen LogP contribution in [-0.4, -0.2) is 18.0 Å². The molecule has 0 aliphatic heterocycles. The van der Waals surface area contributed by atoms with Gasteiger partial charge in [-0.3, -0.25) is 0 Å². The Kier molecular flexibility index (Phi) is 16.6. The molecule has 0 atom stereocenters. The summed E-state index contributed by atoms with van der Waals surface area (Å²) in [5.41, 5.74) is 1.15. The SMILES string of the molecule is C=C/C=C\C(=C)N(CCCCCCCC)CCCCCCCC. The molecule has 0 amide bonds. The van der Waals surface area contributed by atoms with Crippen molar-refractivity contribution in [2.45, 2.75) is 90.9 Å². The van der Waals surface area contributed by atoms with Gasteiger partial charge in [0.05, 0.1) is 0 Å². The van der Waals surface area contributed by atoms with Gasteiger partial charge in [0.1, 0.15) is 0 Å². The van der Waals surface area contributed by atoms with Crippen LogP contribution in [-0.2, 0) is 0 Å². The first kappa shape index (κ1) is 22.0. The molecule has 0 aromatic heterocycles. The smallest absolute Gasteiger partial charge is 0.0293 e. The molecule has 0 radical (unpaired) electrons. The molecule has 0 aliphatic rings. The largest absolute Gasteiger partial charge is 0.372 e. The number of unbranched alkanes of at least 4 members (excludes halogenated alkanes) is 10. The van der Waals surface area contributed by atoms with E-state index in [-0.39, 0.29) is 0 Å². The van der Waals surface area contributed by atoms with E-state index in [1.165, 1.54) is 77.0 Å². The van der Waals surface area contributed by atoms with Crippen molar-refractivity contribution in [2.24, 2.45) is 0 Å². The summed E-state index contributed by atoms with van der Waals surface area (Å²) in [6.07, 6.45) is 22.2. The van der Waals surface area contributed by atoms with E-state index in [4.69, 9.17) is 0 Å². The van der Waals surface area contributed by atoms with Gasteiger partial charge < -0.3 is 4.90 Å². The van der Waals surface area contributed by atoms with Crippen molar-refractivity contribution in [3.8, 4) is 0 Å². The molecule has 0 aromatic rings. The minimum atomic E-state index is 1.15. The number of hydrogen-bond acceptors (Lipinski definition) is 1. The average Bonchev–Trinajstić information content (AvgIpc) is 2.56. The second-order valence-corrected chi connectivity index (χ2v) is 6.61. The van der Waals surface area contributed by atoms with Crippen LogP contribution in [0.2, 0.25) is 0 Å². The first-order chi connectivity index (χ1) is 11.3. The van der Waals surface area contributed by atoms with Crippen LogP contribution in [0.1, 0.15) is 90.9 Å². The van der Waals surface area contributed by atoms with E-state index < -0.39 is 0 Å². The van der Waals surface area contributed by atoms with Gasteiger partial charge in [0.2, 0.25) is 0 Å². The van der Waals surface area contributed by atoms with Crippen LogP contribution < -0.4 is 0 Å². The fraction of sp³-hybridized carbons (Fsp3) is 0.727. The standard InChI is InChI=1S/C22H41N/c1-5-8-11-13-15-17-20-23(22(4)19-10-7-3)21-18-16-14-12-9-6-2/h7,10,19H,3-6,8-9,11-18,20-21H2,1-2H3/b19-10-. The first-order valence-electron chi connectivity index (χ1n) is 9.99. The maximum atomic E-state index is 4.24. The molecular weight excluding hydrogens is 278 g/mol. The molecule has 0 aromatic carbocycles. The fourth-order valence-corrected chi connectivity index (χ4v) is 2.85. The van der Waals surface area contributed by atoms with Gasteiger partial charge in [-0.25, -0.2) is 0 Å². The van der Waals surface area contributed by atoms with E-state index in [0.717, 1.165) is 18.8 Å². The third-order valence-electron chi connectivity index (χ3n) is 4.39. The summed E-state index contributed by atoms with van der Waals surface area (Å²) in [4.78, 5) is 2.47. The molecular formula is C22H41N. The summed E-state index contributed by atoms with van der Waals surface area (Å²) in [6, 6.07) is 0. The van der Waals surface area contributed by atoms with E-state index in [1.807, 2.05) is 12.2 Å². The second-order valence-electron chi connectivity index (χ2n) is 6.61. The van der Waals surface area contributed by atoms with Crippen LogP contribution in [0.15, 0.2) is 37.1 Å². The maximum absolute atomic E-state index is 4.24. The van der Waals surface area contributed by atoms with Gasteiger partial charge in [-0.2, -0.15) is 0 Å². The zero-order valence-corrected chi connectivity index (χ0v) is 16.0. The summed E-state index contributed by atoms with van der Waals surface area (Å²) in [6.45, 7) is 14.9. The lowest BCUT2D eigenvalue weighted by Gasteiger charge is -2.25. The summed E-state index contributed by atoms with van der Waals surface area (Å²) in [5.74, 6) is 0. The first-order valence-corrected chi connectivity index (χ1v) is 9.99. The minimum absolute atomic E-state index is 1.15. The number of rotatable bonds is 17. The third-order valence-corrected chi connectivity index (χ3v) is 4.39. The van der Waals surface area contributed by atoms with Crippen LogP contribution in [0, 0.1) is 0 Å². The van der Waals surface area contributed by atoms with Crippen LogP contribution in [0.25, 0.3) is 0 Å². The Labute approximate surface area is 146 Å². The van der Waals surface area contributed by atoms with Gasteiger partial charge in [-0.1, -0.05) is 103 Å². The van der Waals surface area contributed by atoms with E-state index in [1.54, 1.807) is 0 Å². The molecule has 1 heteroatoms. The van der Waals surface area contributed by atoms with Gasteiger partial charge in [-0.15, -0.1) is 0 Å². The van der Waals surface area contributed by atoms with Crippen molar-refractivity contribution in [1.82, 2.24) is 4.90 Å². The average molecular weight is 320 g/mol. The van der Waals surface area contributed by atoms with Crippen molar-refractivity contribution < 1.29 is 0 Å². The number of nitrogens with zero attached hydrogens (tertiary/aromatic N) is 1. The Morgan fingerprint density at radius 2 is 1.17 bits per heavy atom. The molecule has 0 fully saturated rings. The lowest BCUT2D eigenvalue weighted by Crippen LogP contribution is -2.24. The lowest BCUT2D eigenvalue weighted by atomic mass is 10.1. The van der Waals surface area contributed by atoms with Gasteiger partial charge >= 0.3 is 0 Å². The highest BCUT2D eigenvalue weighted by Gasteiger charge is 2.05. The molecule has 0 N–H and O–H groups in total. The summed E-state index contributed by atoms with van der Waals surface area (Å²) < 4.78 is 0. The van der Waals surface area contributed by atoms with Crippen LogP contribution in [0.4, 0.5) is 0 Å². The van der Waals surface area contributed by atoms with Crippen molar-refractivity contribution >= 4 is 0 Å². The van der Waals surface area contributed by atoms with E-state index in [2.05, 4.69) is 38.0 Å². The Morgan fingerprint density at radius 1 is 0.739 bits per heavy atom. The highest BCUT2D eigenvalue weighted by atomic mass is 15.1. The zero-order chi connectivity index (χ0) is 17.2. The van der Waals surface area contributed by atoms with E-state index in [0.29, 0.717) is 0 Å². The van der Waals surface area contributed by atoms with Crippen molar-refractivity contribution in [2.75, 3.05) is 13.1 Å². The van der Waals surface area contributed by atoms with Crippen LogP contribution >= 0.6 is 0 Å². The molecule has 0 spiro atoms. The summed E-state index contributed by atoms with van der Waals surface area (Å²) in [7, 11) is 0. The number of hydrogen-bond donors (Lipinski definition) is 0. The number of allylic oxidation sites excluding steroid dienone is 3. The molecule has 0 aliphatic carbocycles. The summed E-state index contributed by atoms with van der Waals surface area (Å²) >= 11 is 0. The molecule has 0 saturated carbocycles. The highest BCUT2D eigenvalue weighted by Crippen LogP contribution is 2.12. The fourth-order valence-electron chi connectivity index (χ4n) is 2.85. The molecule has 0 unspecified atom stereocenters. The van der Waals surface area contributed by atoms with Gasteiger partial charge in [0.15, 0.2) is 0 Å². The molecule has 23 heavy (non-hydrogen) atoms. The third kappa shape index (κ3) is 14.3. The normalized spacial score (nSPS) is 11.0. The second kappa shape index (κ2) is 17.4. The maximum Gasteiger partial charge on any atom is 0.0293 e. The van der Waals surface area contributed by atoms with Crippen molar-refractivity contribution in [1.29, 1.82) is 0 Å². The predicted molar refractivity (Wildman–Crippen MR) is 107 cm³/mol. The molecule has 0 rings (SSSR count). The Balaban J connectivity index is 4.01. The molecule has 1 nitrogen and oxygen atoms in total. The topological polar surface area (TPSA) is 3.24 Å². The molecule has 0 bridgehead atoms. The van der Waals surface area contributed by atoms with Crippen molar-refractivity contribution in [3.63, 3.8) is 0 Å². The van der Waals surface area contributed by atoms with Crippen LogP contribution in [0.3, 0.4) is 0 Å². The van der Waals surface area contributed by atoms with E-state index >= 15 is 0 Å². The monoisotopic (exact) mass is 319 g/mol. The van der Waals surface area contributed by atoms with Crippen molar-refractivity contribution in [3.05, 3.63) is 37.1 Å².